The molecule has 0 atom stereocenters. The van der Waals surface area contributed by atoms with E-state index in [0.29, 0.717) is 19.5 Å². The number of nitrogens with one attached hydrogen (secondary N) is 2. The predicted molar refractivity (Wildman–Crippen MR) is 51.7 cm³/mol. The summed E-state index contributed by atoms with van der Waals surface area (Å²) in [6, 6.07) is 0.115. The fourth-order valence-electron chi connectivity index (χ4n) is 0.863. The van der Waals surface area contributed by atoms with Crippen LogP contribution in [-0.2, 0) is 10.2 Å². The number of azide groups is 1. The summed E-state index contributed by atoms with van der Waals surface area (Å²) in [5.74, 6) is 0. The first kappa shape index (κ1) is 11.3. The van der Waals surface area contributed by atoms with Crippen molar-refractivity contribution in [2.24, 2.45) is 5.11 Å². The molecule has 0 spiro atoms. The molecule has 0 amide bonds. The Hall–Kier alpha value is -0.820. The molecule has 0 aromatic heterocycles. The van der Waals surface area contributed by atoms with Crippen molar-refractivity contribution in [1.29, 1.82) is 0 Å². The molecule has 8 heteroatoms. The second kappa shape index (κ2) is 5.16. The molecule has 2 N–H and O–H groups in total. The summed E-state index contributed by atoms with van der Waals surface area (Å²) >= 11 is 0. The number of hydrogen-bond acceptors (Lipinski definition) is 3. The second-order valence-electron chi connectivity index (χ2n) is 3.10. The Kier molecular flexibility index (Phi) is 4.15. The zero-order valence-corrected chi connectivity index (χ0v) is 8.50. The Balaban J connectivity index is 2.12. The van der Waals surface area contributed by atoms with Crippen molar-refractivity contribution in [1.82, 2.24) is 9.44 Å². The highest BCUT2D eigenvalue weighted by Crippen LogP contribution is 2.19. The van der Waals surface area contributed by atoms with Gasteiger partial charge in [0.15, 0.2) is 0 Å². The van der Waals surface area contributed by atoms with E-state index in [1.165, 1.54) is 0 Å². The first-order valence-electron chi connectivity index (χ1n) is 4.42. The molecule has 1 rings (SSSR count). The van der Waals surface area contributed by atoms with Crippen LogP contribution in [-0.4, -0.2) is 27.5 Å². The number of nitrogens with zero attached hydrogens (tertiary/aromatic N) is 3. The van der Waals surface area contributed by atoms with Gasteiger partial charge >= 0.3 is 0 Å². The van der Waals surface area contributed by atoms with Gasteiger partial charge in [-0.2, -0.15) is 13.1 Å². The standard InChI is InChI=1S/C6H13N5O2S/c7-11-8-4-1-5-9-14(12,13)10-6-2-3-6/h6,9-10H,1-5H2. The largest absolute Gasteiger partial charge is 0.277 e. The Bertz CT molecular complexity index is 317. The summed E-state index contributed by atoms with van der Waals surface area (Å²) in [7, 11) is -3.34. The van der Waals surface area contributed by atoms with E-state index < -0.39 is 10.2 Å². The van der Waals surface area contributed by atoms with Gasteiger partial charge in [0.05, 0.1) is 0 Å². The van der Waals surface area contributed by atoms with Crippen molar-refractivity contribution >= 4 is 10.2 Å². The molecule has 0 aliphatic heterocycles. The first-order chi connectivity index (χ1) is 6.64. The van der Waals surface area contributed by atoms with Gasteiger partial charge in [-0.25, -0.2) is 4.72 Å². The van der Waals surface area contributed by atoms with Crippen molar-refractivity contribution in [2.75, 3.05) is 13.1 Å². The number of rotatable bonds is 7. The van der Waals surface area contributed by atoms with Gasteiger partial charge in [0.1, 0.15) is 0 Å². The topological polar surface area (TPSA) is 107 Å². The SMILES string of the molecule is [N-]=[N+]=NCCCNS(=O)(=O)NC1CC1. The normalized spacial score (nSPS) is 16.3. The molecule has 7 nitrogen and oxygen atoms in total. The van der Waals surface area contributed by atoms with Crippen LogP contribution >= 0.6 is 0 Å². The van der Waals surface area contributed by atoms with Gasteiger partial charge in [-0.3, -0.25) is 0 Å². The third-order valence-corrected chi connectivity index (χ3v) is 2.92. The maximum Gasteiger partial charge on any atom is 0.277 e. The Morgan fingerprint density at radius 1 is 1.50 bits per heavy atom. The molecule has 1 saturated carbocycles. The van der Waals surface area contributed by atoms with Gasteiger partial charge < -0.3 is 0 Å². The molecule has 1 fully saturated rings. The molecule has 0 heterocycles. The highest BCUT2D eigenvalue weighted by Gasteiger charge is 2.26. The summed E-state index contributed by atoms with van der Waals surface area (Å²) in [5.41, 5.74) is 7.96. The van der Waals surface area contributed by atoms with Crippen LogP contribution < -0.4 is 9.44 Å². The van der Waals surface area contributed by atoms with E-state index in [-0.39, 0.29) is 6.04 Å². The van der Waals surface area contributed by atoms with Crippen LogP contribution in [0.4, 0.5) is 0 Å². The van der Waals surface area contributed by atoms with Crippen molar-refractivity contribution in [3.05, 3.63) is 10.4 Å². The lowest BCUT2D eigenvalue weighted by atomic mass is 10.4. The van der Waals surface area contributed by atoms with Gasteiger partial charge in [-0.15, -0.1) is 0 Å². The maximum absolute atomic E-state index is 11.2. The second-order valence-corrected chi connectivity index (χ2v) is 4.63. The average Bonchev–Trinajstić information content (AvgIpc) is 2.87. The quantitative estimate of drug-likeness (QED) is 0.277. The van der Waals surface area contributed by atoms with E-state index >= 15 is 0 Å². The van der Waals surface area contributed by atoms with Crippen LogP contribution in [0.15, 0.2) is 5.11 Å². The lowest BCUT2D eigenvalue weighted by Crippen LogP contribution is -2.38. The summed E-state index contributed by atoms with van der Waals surface area (Å²) in [5, 5.41) is 3.29. The van der Waals surface area contributed by atoms with E-state index in [1.807, 2.05) is 0 Å². The lowest BCUT2D eigenvalue weighted by molar-refractivity contribution is 0.564. The Morgan fingerprint density at radius 3 is 2.79 bits per heavy atom. The molecule has 1 aliphatic rings. The number of hydrogen-bond donors (Lipinski definition) is 2. The van der Waals surface area contributed by atoms with Crippen LogP contribution in [0.2, 0.25) is 0 Å². The summed E-state index contributed by atoms with van der Waals surface area (Å²) in [6.07, 6.45) is 2.34. The monoisotopic (exact) mass is 219 g/mol. The molecular formula is C6H13N5O2S. The van der Waals surface area contributed by atoms with Gasteiger partial charge in [0, 0.05) is 24.0 Å². The molecule has 0 unspecified atom stereocenters. The molecule has 14 heavy (non-hydrogen) atoms. The Labute approximate surface area is 82.7 Å². The van der Waals surface area contributed by atoms with Gasteiger partial charge in [0.2, 0.25) is 0 Å². The Morgan fingerprint density at radius 2 is 2.21 bits per heavy atom. The maximum atomic E-state index is 11.2. The molecule has 1 aliphatic carbocycles. The van der Waals surface area contributed by atoms with Gasteiger partial charge in [0.25, 0.3) is 10.2 Å². The van der Waals surface area contributed by atoms with Gasteiger partial charge in [-0.1, -0.05) is 5.11 Å². The molecule has 80 valence electrons. The first-order valence-corrected chi connectivity index (χ1v) is 5.90. The molecule has 0 radical (unpaired) electrons. The van der Waals surface area contributed by atoms with Crippen LogP contribution in [0, 0.1) is 0 Å². The highest BCUT2D eigenvalue weighted by molar-refractivity contribution is 7.87. The minimum atomic E-state index is -3.34. The lowest BCUT2D eigenvalue weighted by Gasteiger charge is -2.05. The van der Waals surface area contributed by atoms with Gasteiger partial charge in [-0.05, 0) is 24.8 Å². The van der Waals surface area contributed by atoms with Crippen LogP contribution in [0.1, 0.15) is 19.3 Å². The fraction of sp³-hybridized carbons (Fsp3) is 1.00. The third-order valence-electron chi connectivity index (χ3n) is 1.69. The molecule has 0 bridgehead atoms. The average molecular weight is 219 g/mol. The van der Waals surface area contributed by atoms with E-state index in [2.05, 4.69) is 19.5 Å². The smallest absolute Gasteiger partial charge is 0.202 e. The molecule has 0 saturated heterocycles. The van der Waals surface area contributed by atoms with Crippen molar-refractivity contribution in [3.8, 4) is 0 Å². The van der Waals surface area contributed by atoms with E-state index in [0.717, 1.165) is 12.8 Å². The van der Waals surface area contributed by atoms with Crippen molar-refractivity contribution < 1.29 is 8.42 Å². The summed E-state index contributed by atoms with van der Waals surface area (Å²) in [6.45, 7) is 0.601. The molecule has 0 aromatic rings. The van der Waals surface area contributed by atoms with Crippen LogP contribution in [0.5, 0.6) is 0 Å². The van der Waals surface area contributed by atoms with Crippen LogP contribution in [0.25, 0.3) is 10.4 Å². The van der Waals surface area contributed by atoms with E-state index in [4.69, 9.17) is 5.53 Å². The van der Waals surface area contributed by atoms with E-state index in [9.17, 15) is 8.42 Å². The third kappa shape index (κ3) is 5.03. The predicted octanol–water partition coefficient (Wildman–Crippen LogP) is 0.273. The zero-order chi connectivity index (χ0) is 10.4. The van der Waals surface area contributed by atoms with E-state index in [1.54, 1.807) is 0 Å². The molecular weight excluding hydrogens is 206 g/mol. The zero-order valence-electron chi connectivity index (χ0n) is 7.68. The minimum absolute atomic E-state index is 0.115. The van der Waals surface area contributed by atoms with Crippen molar-refractivity contribution in [2.45, 2.75) is 25.3 Å². The summed E-state index contributed by atoms with van der Waals surface area (Å²) in [4.78, 5) is 2.56. The van der Waals surface area contributed by atoms with Crippen molar-refractivity contribution in [3.63, 3.8) is 0 Å². The summed E-state index contributed by atoms with van der Waals surface area (Å²) < 4.78 is 27.2. The highest BCUT2D eigenvalue weighted by atomic mass is 32.2. The molecule has 0 aromatic carbocycles. The van der Waals surface area contributed by atoms with Crippen LogP contribution in [0.3, 0.4) is 0 Å². The fourth-order valence-corrected chi connectivity index (χ4v) is 2.03. The minimum Gasteiger partial charge on any atom is -0.202 e.